The predicted octanol–water partition coefficient (Wildman–Crippen LogP) is 5.70. The molecule has 5 heteroatoms. The van der Waals surface area contributed by atoms with Gasteiger partial charge in [-0.05, 0) is 45.1 Å². The third-order valence-corrected chi connectivity index (χ3v) is 6.57. The zero-order chi connectivity index (χ0) is 22.6. The quantitative estimate of drug-likeness (QED) is 0.254. The van der Waals surface area contributed by atoms with E-state index >= 15 is 0 Å². The number of likely N-dealkylation sites (tertiary alicyclic amines) is 1. The molecule has 1 rings (SSSR count). The van der Waals surface area contributed by atoms with E-state index in [-0.39, 0.29) is 17.9 Å². The van der Waals surface area contributed by atoms with Crippen LogP contribution < -0.4 is 11.1 Å². The molecule has 0 saturated carbocycles. The highest BCUT2D eigenvalue weighted by atomic mass is 16.2. The van der Waals surface area contributed by atoms with Gasteiger partial charge in [0.1, 0.15) is 0 Å². The summed E-state index contributed by atoms with van der Waals surface area (Å²) in [6, 6.07) is 0.0987. The van der Waals surface area contributed by atoms with E-state index in [0.717, 1.165) is 77.4 Å². The summed E-state index contributed by atoms with van der Waals surface area (Å²) < 4.78 is 0. The lowest BCUT2D eigenvalue weighted by atomic mass is 9.98. The Balaban J connectivity index is 2.14. The number of hydrogen-bond donors (Lipinski definition) is 2. The zero-order valence-corrected chi connectivity index (χ0v) is 20.5. The third kappa shape index (κ3) is 14.6. The van der Waals surface area contributed by atoms with E-state index in [0.29, 0.717) is 12.8 Å². The topological polar surface area (TPSA) is 75.4 Å². The zero-order valence-electron chi connectivity index (χ0n) is 20.5. The standard InChI is InChI=1S/C26H51N3O2/c1-2-3-4-5-6-7-8-9-10-13-19-26(31)29-22-17-14-18-24(29)23-25(30)28-21-16-12-11-15-20-27/h24H,2-23,27H2,1H3,(H,28,30)/t24-/m0/s1. The molecule has 1 saturated heterocycles. The maximum absolute atomic E-state index is 12.8. The van der Waals surface area contributed by atoms with Crippen molar-refractivity contribution in [3.8, 4) is 0 Å². The molecule has 0 aliphatic carbocycles. The summed E-state index contributed by atoms with van der Waals surface area (Å²) in [7, 11) is 0. The molecule has 0 aromatic heterocycles. The monoisotopic (exact) mass is 437 g/mol. The van der Waals surface area contributed by atoms with Gasteiger partial charge in [-0.15, -0.1) is 0 Å². The van der Waals surface area contributed by atoms with Crippen LogP contribution in [-0.2, 0) is 9.59 Å². The van der Waals surface area contributed by atoms with Gasteiger partial charge in [-0.3, -0.25) is 9.59 Å². The molecule has 0 bridgehead atoms. The van der Waals surface area contributed by atoms with Gasteiger partial charge in [-0.1, -0.05) is 77.6 Å². The number of unbranched alkanes of at least 4 members (excludes halogenated alkanes) is 12. The predicted molar refractivity (Wildman–Crippen MR) is 131 cm³/mol. The largest absolute Gasteiger partial charge is 0.356 e. The van der Waals surface area contributed by atoms with Crippen molar-refractivity contribution < 1.29 is 9.59 Å². The van der Waals surface area contributed by atoms with Crippen LogP contribution >= 0.6 is 0 Å². The van der Waals surface area contributed by atoms with Crippen LogP contribution in [-0.4, -0.2) is 42.4 Å². The van der Waals surface area contributed by atoms with Gasteiger partial charge in [0, 0.05) is 32.0 Å². The first kappa shape index (κ1) is 27.9. The van der Waals surface area contributed by atoms with E-state index < -0.39 is 0 Å². The summed E-state index contributed by atoms with van der Waals surface area (Å²) in [5.74, 6) is 0.362. The molecule has 5 nitrogen and oxygen atoms in total. The Morgan fingerprint density at radius 3 is 2.13 bits per heavy atom. The van der Waals surface area contributed by atoms with Gasteiger partial charge < -0.3 is 16.0 Å². The number of nitrogens with two attached hydrogens (primary N) is 1. The third-order valence-electron chi connectivity index (χ3n) is 6.57. The Kier molecular flexibility index (Phi) is 17.6. The van der Waals surface area contributed by atoms with Crippen LogP contribution in [0.25, 0.3) is 0 Å². The molecule has 1 aliphatic heterocycles. The highest BCUT2D eigenvalue weighted by molar-refractivity contribution is 5.80. The lowest BCUT2D eigenvalue weighted by Gasteiger charge is -2.35. The first-order chi connectivity index (χ1) is 15.2. The van der Waals surface area contributed by atoms with Crippen molar-refractivity contribution in [1.82, 2.24) is 10.2 Å². The van der Waals surface area contributed by atoms with Crippen molar-refractivity contribution >= 4 is 11.8 Å². The second-order valence-electron chi connectivity index (χ2n) is 9.43. The van der Waals surface area contributed by atoms with Gasteiger partial charge in [0.15, 0.2) is 0 Å². The van der Waals surface area contributed by atoms with Crippen molar-refractivity contribution in [3.05, 3.63) is 0 Å². The lowest BCUT2D eigenvalue weighted by molar-refractivity contribution is -0.136. The number of carbonyl (C=O) groups excluding carboxylic acids is 2. The second-order valence-corrected chi connectivity index (χ2v) is 9.43. The van der Waals surface area contributed by atoms with Gasteiger partial charge >= 0.3 is 0 Å². The summed E-state index contributed by atoms with van der Waals surface area (Å²) in [6.07, 6.45) is 21.5. The molecule has 2 amide bonds. The number of hydrogen-bond acceptors (Lipinski definition) is 3. The maximum Gasteiger partial charge on any atom is 0.222 e. The SMILES string of the molecule is CCCCCCCCCCCCC(=O)N1CCCC[C@H]1CC(=O)NCCCCCCN. The minimum atomic E-state index is 0.0987. The highest BCUT2D eigenvalue weighted by Crippen LogP contribution is 2.21. The summed E-state index contributed by atoms with van der Waals surface area (Å²) in [5, 5.41) is 3.05. The van der Waals surface area contributed by atoms with Crippen molar-refractivity contribution in [2.24, 2.45) is 5.73 Å². The smallest absolute Gasteiger partial charge is 0.222 e. The summed E-state index contributed by atoms with van der Waals surface area (Å²) in [5.41, 5.74) is 5.51. The second kappa shape index (κ2) is 19.6. The number of carbonyl (C=O) groups is 2. The van der Waals surface area contributed by atoms with Crippen LogP contribution in [0.3, 0.4) is 0 Å². The molecule has 1 fully saturated rings. The highest BCUT2D eigenvalue weighted by Gasteiger charge is 2.27. The van der Waals surface area contributed by atoms with E-state index in [1.807, 2.05) is 4.90 Å². The Labute approximate surface area is 192 Å². The van der Waals surface area contributed by atoms with Crippen LogP contribution in [0.4, 0.5) is 0 Å². The van der Waals surface area contributed by atoms with Gasteiger partial charge in [-0.2, -0.15) is 0 Å². The molecule has 0 spiro atoms. The summed E-state index contributed by atoms with van der Waals surface area (Å²) in [6.45, 7) is 4.57. The molecule has 1 heterocycles. The van der Waals surface area contributed by atoms with Gasteiger partial charge in [0.05, 0.1) is 0 Å². The first-order valence-corrected chi connectivity index (χ1v) is 13.4. The van der Waals surface area contributed by atoms with Crippen molar-refractivity contribution in [2.45, 2.75) is 135 Å². The van der Waals surface area contributed by atoms with E-state index in [9.17, 15) is 9.59 Å². The summed E-state index contributed by atoms with van der Waals surface area (Å²) >= 11 is 0. The number of amides is 2. The number of rotatable bonds is 19. The number of piperidine rings is 1. The molecule has 1 aliphatic rings. The Bertz CT molecular complexity index is 456. The Morgan fingerprint density at radius 2 is 1.45 bits per heavy atom. The lowest BCUT2D eigenvalue weighted by Crippen LogP contribution is -2.46. The van der Waals surface area contributed by atoms with E-state index in [4.69, 9.17) is 5.73 Å². The molecule has 0 aromatic carbocycles. The Hall–Kier alpha value is -1.10. The van der Waals surface area contributed by atoms with Crippen LogP contribution in [0.2, 0.25) is 0 Å². The minimum absolute atomic E-state index is 0.0987. The van der Waals surface area contributed by atoms with Crippen LogP contribution in [0.1, 0.15) is 129 Å². The molecular formula is C26H51N3O2. The van der Waals surface area contributed by atoms with E-state index in [1.165, 1.54) is 51.4 Å². The number of nitrogens with zero attached hydrogens (tertiary/aromatic N) is 1. The molecule has 1 atom stereocenters. The molecule has 182 valence electrons. The molecule has 0 radical (unpaired) electrons. The average Bonchev–Trinajstić information content (AvgIpc) is 2.77. The Morgan fingerprint density at radius 1 is 0.839 bits per heavy atom. The van der Waals surface area contributed by atoms with Gasteiger partial charge in [0.25, 0.3) is 0 Å². The fraction of sp³-hybridized carbons (Fsp3) is 0.923. The maximum atomic E-state index is 12.8. The molecule has 0 aromatic rings. The molecule has 31 heavy (non-hydrogen) atoms. The fourth-order valence-corrected chi connectivity index (χ4v) is 4.59. The molecule has 0 unspecified atom stereocenters. The van der Waals surface area contributed by atoms with E-state index in [2.05, 4.69) is 12.2 Å². The van der Waals surface area contributed by atoms with Crippen molar-refractivity contribution in [1.29, 1.82) is 0 Å². The van der Waals surface area contributed by atoms with Gasteiger partial charge in [0.2, 0.25) is 11.8 Å². The molecule has 3 N–H and O–H groups in total. The van der Waals surface area contributed by atoms with Gasteiger partial charge in [-0.25, -0.2) is 0 Å². The first-order valence-electron chi connectivity index (χ1n) is 13.4. The van der Waals surface area contributed by atoms with Crippen LogP contribution in [0.15, 0.2) is 0 Å². The van der Waals surface area contributed by atoms with Crippen molar-refractivity contribution in [3.63, 3.8) is 0 Å². The average molecular weight is 438 g/mol. The molecular weight excluding hydrogens is 386 g/mol. The normalized spacial score (nSPS) is 16.5. The summed E-state index contributed by atoms with van der Waals surface area (Å²) in [4.78, 5) is 27.1. The minimum Gasteiger partial charge on any atom is -0.356 e. The van der Waals surface area contributed by atoms with Crippen molar-refractivity contribution in [2.75, 3.05) is 19.6 Å². The van der Waals surface area contributed by atoms with E-state index in [1.54, 1.807) is 0 Å². The fourth-order valence-electron chi connectivity index (χ4n) is 4.59. The van der Waals surface area contributed by atoms with Crippen LogP contribution in [0, 0.1) is 0 Å². The number of nitrogens with one attached hydrogen (secondary N) is 1. The van der Waals surface area contributed by atoms with Crippen LogP contribution in [0.5, 0.6) is 0 Å².